The lowest BCUT2D eigenvalue weighted by atomic mass is 10.0. The predicted molar refractivity (Wildman–Crippen MR) is 108 cm³/mol. The molecule has 3 rings (SSSR count). The fourth-order valence-electron chi connectivity index (χ4n) is 2.86. The summed E-state index contributed by atoms with van der Waals surface area (Å²) in [4.78, 5) is 24.2. The minimum Gasteiger partial charge on any atom is -0.348 e. The van der Waals surface area contributed by atoms with Crippen LogP contribution in [-0.4, -0.2) is 17.0 Å². The number of hydrogen-bond donors (Lipinski definition) is 3. The van der Waals surface area contributed by atoms with Crippen molar-refractivity contribution in [1.82, 2.24) is 10.8 Å². The second kappa shape index (κ2) is 9.88. The Hall–Kier alpha value is -3.98. The third-order valence-corrected chi connectivity index (χ3v) is 4.50. The van der Waals surface area contributed by atoms with Crippen LogP contribution in [0, 0.1) is 23.3 Å². The number of rotatable bonds is 6. The van der Waals surface area contributed by atoms with Crippen LogP contribution in [0.1, 0.15) is 27.0 Å². The van der Waals surface area contributed by atoms with Crippen molar-refractivity contribution in [3.63, 3.8) is 0 Å². The first-order valence-electron chi connectivity index (χ1n) is 9.22. The van der Waals surface area contributed by atoms with Crippen molar-refractivity contribution < 1.29 is 32.4 Å². The highest BCUT2D eigenvalue weighted by atomic mass is 19.1. The molecule has 0 bridgehead atoms. The van der Waals surface area contributed by atoms with Crippen LogP contribution in [0.5, 0.6) is 0 Å². The number of hydrogen-bond acceptors (Lipinski definition) is 3. The Morgan fingerprint density at radius 1 is 0.812 bits per heavy atom. The molecule has 3 aromatic carbocycles. The summed E-state index contributed by atoms with van der Waals surface area (Å²) in [7, 11) is 0. The molecule has 0 unspecified atom stereocenters. The van der Waals surface area contributed by atoms with E-state index in [-0.39, 0.29) is 23.2 Å². The van der Waals surface area contributed by atoms with Crippen molar-refractivity contribution in [3.05, 3.63) is 106 Å². The molecule has 5 nitrogen and oxygen atoms in total. The molecule has 0 heterocycles. The quantitative estimate of drug-likeness (QED) is 0.175. The van der Waals surface area contributed by atoms with Crippen LogP contribution in [0.4, 0.5) is 17.6 Å². The van der Waals surface area contributed by atoms with Crippen LogP contribution in [0.3, 0.4) is 0 Å². The van der Waals surface area contributed by atoms with Crippen LogP contribution >= 0.6 is 0 Å². The van der Waals surface area contributed by atoms with Crippen LogP contribution in [0.2, 0.25) is 0 Å². The van der Waals surface area contributed by atoms with E-state index in [1.165, 1.54) is 41.9 Å². The summed E-state index contributed by atoms with van der Waals surface area (Å²) in [6.07, 6.45) is 0.918. The van der Waals surface area contributed by atoms with Crippen molar-refractivity contribution in [2.75, 3.05) is 0 Å². The average molecular weight is 444 g/mol. The summed E-state index contributed by atoms with van der Waals surface area (Å²) in [5.74, 6) is -5.51. The molecule has 32 heavy (non-hydrogen) atoms. The summed E-state index contributed by atoms with van der Waals surface area (Å²) in [5, 5.41) is 11.2. The zero-order valence-electron chi connectivity index (χ0n) is 16.3. The average Bonchev–Trinajstić information content (AvgIpc) is 2.77. The minimum atomic E-state index is -1.20. The highest BCUT2D eigenvalue weighted by Gasteiger charge is 2.17. The van der Waals surface area contributed by atoms with Gasteiger partial charge in [0.1, 0.15) is 23.3 Å². The molecule has 0 saturated carbocycles. The minimum absolute atomic E-state index is 0.00717. The Kier molecular flexibility index (Phi) is 7.01. The van der Waals surface area contributed by atoms with Crippen molar-refractivity contribution in [1.29, 1.82) is 0 Å². The third-order valence-electron chi connectivity index (χ3n) is 4.50. The molecule has 0 fully saturated rings. The molecule has 3 aromatic rings. The van der Waals surface area contributed by atoms with Gasteiger partial charge in [0, 0.05) is 35.4 Å². The normalized spacial score (nSPS) is 11.2. The predicted octanol–water partition coefficient (Wildman–Crippen LogP) is 4.22. The van der Waals surface area contributed by atoms with E-state index in [4.69, 9.17) is 5.21 Å². The monoisotopic (exact) mass is 444 g/mol. The van der Waals surface area contributed by atoms with Gasteiger partial charge in [-0.15, -0.1) is 0 Å². The van der Waals surface area contributed by atoms with E-state index < -0.39 is 40.6 Å². The number of benzene rings is 3. The summed E-state index contributed by atoms with van der Waals surface area (Å²) in [6.45, 7) is -0.00717. The lowest BCUT2D eigenvalue weighted by Crippen LogP contribution is -2.24. The maximum Gasteiger partial charge on any atom is 0.274 e. The molecule has 0 aliphatic carbocycles. The van der Waals surface area contributed by atoms with Gasteiger partial charge in [-0.05, 0) is 41.5 Å². The lowest BCUT2D eigenvalue weighted by Gasteiger charge is -2.11. The number of carbonyl (C=O) groups excluding carboxylic acids is 2. The molecule has 0 spiro atoms. The Balaban J connectivity index is 1.89. The first-order valence-corrected chi connectivity index (χ1v) is 9.22. The van der Waals surface area contributed by atoms with E-state index in [1.54, 1.807) is 0 Å². The van der Waals surface area contributed by atoms with Crippen molar-refractivity contribution in [2.45, 2.75) is 6.54 Å². The Labute approximate surface area is 180 Å². The third kappa shape index (κ3) is 5.38. The molecule has 0 radical (unpaired) electrons. The van der Waals surface area contributed by atoms with E-state index in [0.717, 1.165) is 18.2 Å². The van der Waals surface area contributed by atoms with Crippen LogP contribution in [-0.2, 0) is 11.3 Å². The van der Waals surface area contributed by atoms with Gasteiger partial charge in [0.15, 0.2) is 0 Å². The summed E-state index contributed by atoms with van der Waals surface area (Å²) in [6, 6.07) is 11.6. The first-order chi connectivity index (χ1) is 15.3. The van der Waals surface area contributed by atoms with E-state index >= 15 is 0 Å². The second-order valence-corrected chi connectivity index (χ2v) is 6.67. The van der Waals surface area contributed by atoms with Gasteiger partial charge < -0.3 is 5.32 Å². The zero-order valence-corrected chi connectivity index (χ0v) is 16.3. The topological polar surface area (TPSA) is 78.4 Å². The van der Waals surface area contributed by atoms with Crippen LogP contribution in [0.25, 0.3) is 11.6 Å². The van der Waals surface area contributed by atoms with Gasteiger partial charge in [0.05, 0.1) is 0 Å². The molecule has 0 saturated heterocycles. The standard InChI is InChI=1S/C23H16F4N2O3/c24-16-7-5-14(6-8-16)18(11-19-20(26)9-17(25)10-21(19)27)23(31)28-12-13-1-3-15(4-2-13)22(30)29-32/h1-11,32H,12H2,(H,28,31)(H,29,30)/b18-11-. The van der Waals surface area contributed by atoms with Gasteiger partial charge in [0.25, 0.3) is 11.8 Å². The molecule has 0 atom stereocenters. The fourth-order valence-corrected chi connectivity index (χ4v) is 2.86. The number of nitrogens with one attached hydrogen (secondary N) is 2. The largest absolute Gasteiger partial charge is 0.348 e. The Morgan fingerprint density at radius 2 is 1.38 bits per heavy atom. The van der Waals surface area contributed by atoms with Gasteiger partial charge in [-0.25, -0.2) is 23.0 Å². The summed E-state index contributed by atoms with van der Waals surface area (Å²) < 4.78 is 54.8. The highest BCUT2D eigenvalue weighted by Crippen LogP contribution is 2.24. The van der Waals surface area contributed by atoms with Crippen LogP contribution in [0.15, 0.2) is 60.7 Å². The Bertz CT molecular complexity index is 1150. The zero-order chi connectivity index (χ0) is 23.3. The van der Waals surface area contributed by atoms with E-state index in [2.05, 4.69) is 5.32 Å². The SMILES string of the molecule is O=C(NCc1ccc(C(=O)NO)cc1)/C(=C\c1c(F)cc(F)cc1F)c1ccc(F)cc1. The summed E-state index contributed by atoms with van der Waals surface area (Å²) >= 11 is 0. The molecule has 2 amide bonds. The molecule has 0 aliphatic rings. The van der Waals surface area contributed by atoms with Gasteiger partial charge in [-0.1, -0.05) is 24.3 Å². The van der Waals surface area contributed by atoms with Gasteiger partial charge in [-0.3, -0.25) is 14.8 Å². The molecule has 0 aromatic heterocycles. The number of halogens is 4. The summed E-state index contributed by atoms with van der Waals surface area (Å²) in [5.41, 5.74) is 1.66. The maximum atomic E-state index is 14.1. The smallest absolute Gasteiger partial charge is 0.274 e. The van der Waals surface area contributed by atoms with E-state index in [1.807, 2.05) is 0 Å². The van der Waals surface area contributed by atoms with Crippen LogP contribution < -0.4 is 10.8 Å². The Morgan fingerprint density at radius 3 is 1.94 bits per heavy atom. The molecule has 3 N–H and O–H groups in total. The second-order valence-electron chi connectivity index (χ2n) is 6.67. The number of carbonyl (C=O) groups is 2. The molecule has 164 valence electrons. The number of hydroxylamine groups is 1. The van der Waals surface area contributed by atoms with Gasteiger partial charge >= 0.3 is 0 Å². The van der Waals surface area contributed by atoms with Crippen molar-refractivity contribution in [3.8, 4) is 0 Å². The van der Waals surface area contributed by atoms with Gasteiger partial charge in [-0.2, -0.15) is 0 Å². The maximum absolute atomic E-state index is 14.1. The van der Waals surface area contributed by atoms with Gasteiger partial charge in [0.2, 0.25) is 0 Å². The van der Waals surface area contributed by atoms with Crippen molar-refractivity contribution >= 4 is 23.5 Å². The van der Waals surface area contributed by atoms with E-state index in [0.29, 0.717) is 17.7 Å². The number of amides is 2. The fraction of sp³-hybridized carbons (Fsp3) is 0.0435. The molecule has 9 heteroatoms. The first kappa shape index (κ1) is 22.7. The highest BCUT2D eigenvalue weighted by molar-refractivity contribution is 6.24. The molecular formula is C23H16F4N2O3. The molecular weight excluding hydrogens is 428 g/mol. The van der Waals surface area contributed by atoms with Crippen molar-refractivity contribution in [2.24, 2.45) is 0 Å². The molecule has 0 aliphatic heterocycles. The van der Waals surface area contributed by atoms with E-state index in [9.17, 15) is 27.2 Å². The lowest BCUT2D eigenvalue weighted by molar-refractivity contribution is -0.115.